The maximum Gasteiger partial charge on any atom is 0.408 e. The van der Waals surface area contributed by atoms with Gasteiger partial charge in [0.2, 0.25) is 11.8 Å². The minimum atomic E-state index is -0.650. The Hall–Kier alpha value is -5.66. The van der Waals surface area contributed by atoms with Crippen molar-refractivity contribution in [2.24, 2.45) is 47.3 Å². The minimum Gasteiger partial charge on any atom is -0.444 e. The van der Waals surface area contributed by atoms with E-state index in [-0.39, 0.29) is 47.8 Å². The molecule has 0 bridgehead atoms. The van der Waals surface area contributed by atoms with Gasteiger partial charge in [-0.3, -0.25) is 9.59 Å². The second-order valence-electron chi connectivity index (χ2n) is 23.8. The van der Waals surface area contributed by atoms with Gasteiger partial charge >= 0.3 is 12.2 Å². The number of rotatable bonds is 11. The van der Waals surface area contributed by atoms with Crippen LogP contribution in [0.5, 0.6) is 0 Å². The monoisotopic (exact) mass is 923 g/mol. The lowest BCUT2D eigenvalue weighted by Gasteiger charge is -2.34. The highest BCUT2D eigenvalue weighted by Gasteiger charge is 2.60. The summed E-state index contributed by atoms with van der Waals surface area (Å²) in [5.41, 5.74) is 4.47. The molecule has 4 amide bonds. The highest BCUT2D eigenvalue weighted by Crippen LogP contribution is 2.59. The molecule has 4 N–H and O–H groups in total. The van der Waals surface area contributed by atoms with Crippen LogP contribution in [0.3, 0.4) is 0 Å². The van der Waals surface area contributed by atoms with Crippen LogP contribution in [0.25, 0.3) is 33.6 Å². The van der Waals surface area contributed by atoms with Crippen molar-refractivity contribution in [3.63, 3.8) is 0 Å². The van der Waals surface area contributed by atoms with E-state index in [1.54, 1.807) is 0 Å². The normalized spacial score (nSPS) is 32.3. The number of hydrogen-bond acceptors (Lipinski definition) is 8. The van der Waals surface area contributed by atoms with E-state index >= 15 is 0 Å². The van der Waals surface area contributed by atoms with Crippen molar-refractivity contribution < 1.29 is 28.7 Å². The number of carbonyl (C=O) groups excluding carboxylic acids is 4. The Morgan fingerprint density at radius 1 is 0.515 bits per heavy atom. The summed E-state index contributed by atoms with van der Waals surface area (Å²) in [6.07, 6.45) is 12.9. The number of aromatic nitrogens is 4. The highest BCUT2D eigenvalue weighted by atomic mass is 16.6. The standard InChI is InChI=1S/C54H66N8O6/c1-53(2,3)67-51(65)59-45(37-17-31-15-32(31)18-37)49(63)61-41-21-35(41)23-43(61)47-55-25-39(57-47)29-11-7-27(8-12-29)28-9-13-30(14-10-28)40-26-56-48(58-40)44-24-36-22-42(36)62(44)50(64)46(38-19-33-16-34(33)20-38)60-52(66)68-54(4,5)6/h7-14,25-26,31-38,41-46H,15-24H2,1-6H3,(H,55,57)(H,56,58)(H,59,65)(H,60,66)/t31-,32+,33-,34+,35-,36?,37-,38-,41-,42-,43+,44+,45?,46?/m1/s1. The molecule has 6 aliphatic carbocycles. The first kappa shape index (κ1) is 43.6. The van der Waals surface area contributed by atoms with Crippen LogP contribution in [0, 0.1) is 47.3 Å². The molecule has 14 atom stereocenters. The number of nitrogens with zero attached hydrogens (tertiary/aromatic N) is 4. The number of fused-ring (bicyclic) bond motifs is 4. The summed E-state index contributed by atoms with van der Waals surface area (Å²) in [6.45, 7) is 11.1. The van der Waals surface area contributed by atoms with E-state index in [0.717, 1.165) is 96.7 Å². The lowest BCUT2D eigenvalue weighted by atomic mass is 9.93. The van der Waals surface area contributed by atoms with Crippen LogP contribution in [0.1, 0.15) is 129 Å². The van der Waals surface area contributed by atoms with Gasteiger partial charge in [-0.05, 0) is 164 Å². The fourth-order valence-electron chi connectivity index (χ4n) is 13.0. The number of hydrogen-bond donors (Lipinski definition) is 4. The molecule has 2 saturated heterocycles. The first-order valence-corrected chi connectivity index (χ1v) is 25.5. The quantitative estimate of drug-likeness (QED) is 0.115. The van der Waals surface area contributed by atoms with E-state index in [1.165, 1.54) is 12.8 Å². The predicted octanol–water partition coefficient (Wildman–Crippen LogP) is 9.34. The molecule has 4 heterocycles. The fourth-order valence-corrected chi connectivity index (χ4v) is 13.0. The zero-order chi connectivity index (χ0) is 47.0. The lowest BCUT2D eigenvalue weighted by molar-refractivity contribution is -0.138. The molecule has 6 saturated carbocycles. The average Bonchev–Trinajstić information content (AvgIpc) is 4.23. The zero-order valence-corrected chi connectivity index (χ0v) is 40.2. The summed E-state index contributed by atoms with van der Waals surface area (Å²) in [7, 11) is 0. The zero-order valence-electron chi connectivity index (χ0n) is 40.2. The molecule has 2 aliphatic heterocycles. The first-order valence-electron chi connectivity index (χ1n) is 25.5. The van der Waals surface area contributed by atoms with Gasteiger partial charge in [-0.25, -0.2) is 19.6 Å². The molecule has 8 fully saturated rings. The van der Waals surface area contributed by atoms with Gasteiger partial charge in [0.05, 0.1) is 23.5 Å². The van der Waals surface area contributed by atoms with E-state index in [4.69, 9.17) is 19.4 Å². The van der Waals surface area contributed by atoms with Crippen LogP contribution >= 0.6 is 0 Å². The lowest BCUT2D eigenvalue weighted by Crippen LogP contribution is -2.53. The molecule has 14 heteroatoms. The number of H-pyrrole nitrogens is 2. The van der Waals surface area contributed by atoms with Crippen LogP contribution in [-0.2, 0) is 19.1 Å². The highest BCUT2D eigenvalue weighted by molar-refractivity contribution is 5.88. The number of aromatic amines is 2. The SMILES string of the molecule is CC(C)(C)OC(=O)NC(C(=O)N1[C@@H]2CC2C[C@H]1c1nc(-c2ccc(-c3ccc(-c4c[nH]c([C@@H]5C[C@H]6C[C@H]6N5C(=O)C(NC(=O)OC(C)(C)C)[C@H]5C[C@@H]6C[C@@H]6C5)n4)cc3)cc2)c[nH]1)[C@H]1C[C@@H]2C[C@@H]2C1. The molecular weight excluding hydrogens is 857 g/mol. The van der Waals surface area contributed by atoms with Gasteiger partial charge in [0.1, 0.15) is 34.9 Å². The maximum atomic E-state index is 14.5. The molecule has 68 heavy (non-hydrogen) atoms. The van der Waals surface area contributed by atoms with Crippen LogP contribution in [-0.4, -0.2) is 89.1 Å². The van der Waals surface area contributed by atoms with Crippen molar-refractivity contribution in [3.05, 3.63) is 72.6 Å². The topological polar surface area (TPSA) is 175 Å². The molecule has 0 radical (unpaired) electrons. The van der Waals surface area contributed by atoms with Crippen molar-refractivity contribution in [3.8, 4) is 33.6 Å². The third-order valence-electron chi connectivity index (χ3n) is 16.6. The Labute approximate surface area is 398 Å². The minimum absolute atomic E-state index is 0.00335. The van der Waals surface area contributed by atoms with Gasteiger partial charge in [-0.15, -0.1) is 0 Å². The first-order chi connectivity index (χ1) is 32.5. The van der Waals surface area contributed by atoms with Gasteiger partial charge in [0, 0.05) is 35.6 Å². The third-order valence-corrected chi connectivity index (χ3v) is 16.6. The average molecular weight is 923 g/mol. The number of likely N-dealkylation sites (tertiary alicyclic amines) is 2. The molecule has 0 spiro atoms. The van der Waals surface area contributed by atoms with E-state index < -0.39 is 35.5 Å². The van der Waals surface area contributed by atoms with Gasteiger partial charge in [0.15, 0.2) is 0 Å². The second kappa shape index (κ2) is 15.9. The van der Waals surface area contributed by atoms with E-state index in [9.17, 15) is 19.2 Å². The molecule has 2 aromatic heterocycles. The van der Waals surface area contributed by atoms with Crippen molar-refractivity contribution in [1.29, 1.82) is 0 Å². The summed E-state index contributed by atoms with van der Waals surface area (Å²) < 4.78 is 11.3. The van der Waals surface area contributed by atoms with Crippen LogP contribution in [0.2, 0.25) is 0 Å². The molecule has 8 aliphatic rings. The molecule has 3 unspecified atom stereocenters. The van der Waals surface area contributed by atoms with Crippen LogP contribution in [0.15, 0.2) is 60.9 Å². The largest absolute Gasteiger partial charge is 0.444 e. The molecule has 12 rings (SSSR count). The Kier molecular flexibility index (Phi) is 10.2. The van der Waals surface area contributed by atoms with Crippen molar-refractivity contribution in [2.75, 3.05) is 0 Å². The van der Waals surface area contributed by atoms with Crippen LogP contribution in [0.4, 0.5) is 9.59 Å². The van der Waals surface area contributed by atoms with E-state index in [1.807, 2.05) is 63.7 Å². The number of benzene rings is 2. The number of ether oxygens (including phenoxy) is 2. The van der Waals surface area contributed by atoms with Crippen LogP contribution < -0.4 is 10.6 Å². The van der Waals surface area contributed by atoms with Crippen molar-refractivity contribution in [2.45, 2.75) is 153 Å². The Balaban J connectivity index is 0.707. The maximum absolute atomic E-state index is 14.5. The van der Waals surface area contributed by atoms with E-state index in [0.29, 0.717) is 35.5 Å². The summed E-state index contributed by atoms with van der Waals surface area (Å²) in [6, 6.07) is 15.6. The number of imidazole rings is 2. The van der Waals surface area contributed by atoms with Crippen molar-refractivity contribution >= 4 is 24.0 Å². The third kappa shape index (κ3) is 8.47. The molecular formula is C54H66N8O6. The van der Waals surface area contributed by atoms with Gasteiger partial charge in [-0.2, -0.15) is 0 Å². The Bertz CT molecular complexity index is 2430. The number of piperidine rings is 2. The van der Waals surface area contributed by atoms with Gasteiger partial charge in [-0.1, -0.05) is 48.5 Å². The summed E-state index contributed by atoms with van der Waals surface area (Å²) in [5, 5.41) is 6.07. The molecule has 14 nitrogen and oxygen atoms in total. The smallest absolute Gasteiger partial charge is 0.408 e. The summed E-state index contributed by atoms with van der Waals surface area (Å²) in [5.74, 6) is 5.43. The summed E-state index contributed by atoms with van der Waals surface area (Å²) >= 11 is 0. The second-order valence-corrected chi connectivity index (χ2v) is 23.8. The number of nitrogens with one attached hydrogen (secondary N) is 4. The molecule has 2 aromatic carbocycles. The molecule has 4 aromatic rings. The van der Waals surface area contributed by atoms with Gasteiger partial charge in [0.25, 0.3) is 0 Å². The summed E-state index contributed by atoms with van der Waals surface area (Å²) in [4.78, 5) is 76.3. The molecule has 358 valence electrons. The van der Waals surface area contributed by atoms with Gasteiger partial charge < -0.3 is 39.9 Å². The number of carbonyl (C=O) groups is 4. The van der Waals surface area contributed by atoms with Crippen molar-refractivity contribution in [1.82, 2.24) is 40.4 Å². The fraction of sp³-hybridized carbons (Fsp3) is 0.593. The predicted molar refractivity (Wildman–Crippen MR) is 254 cm³/mol. The Morgan fingerprint density at radius 3 is 1.22 bits per heavy atom. The Morgan fingerprint density at radius 2 is 0.868 bits per heavy atom. The van der Waals surface area contributed by atoms with E-state index in [2.05, 4.69) is 69.1 Å². The number of alkyl carbamates (subject to hydrolysis) is 2. The number of amides is 4.